The molecule has 38 heavy (non-hydrogen) atoms. The number of benzene rings is 2. The van der Waals surface area contributed by atoms with Crippen molar-refractivity contribution in [3.8, 4) is 5.75 Å². The third-order valence-corrected chi connectivity index (χ3v) is 8.40. The van der Waals surface area contributed by atoms with E-state index >= 15 is 0 Å². The summed E-state index contributed by atoms with van der Waals surface area (Å²) in [6.45, 7) is 7.77. The Hall–Kier alpha value is -2.51. The van der Waals surface area contributed by atoms with E-state index in [2.05, 4.69) is 0 Å². The van der Waals surface area contributed by atoms with Crippen LogP contribution in [0.25, 0.3) is 12.2 Å². The van der Waals surface area contributed by atoms with Gasteiger partial charge in [0.15, 0.2) is 0 Å². The summed E-state index contributed by atoms with van der Waals surface area (Å²) >= 11 is 0. The molecule has 0 fully saturated rings. The molecule has 0 amide bonds. The molecular formula is C27H36O9P2. The first-order valence-corrected chi connectivity index (χ1v) is 15.5. The molecule has 0 atom stereocenters. The summed E-state index contributed by atoms with van der Waals surface area (Å²) < 4.78 is 58.8. The standard InChI is InChI=1S/C27H36O9P2/c1-6-33-37(29,34-7-2)17-15-23-19-25(27(28)31-5)20-24(16-18-38(30,35-8-3)36-9-4)26(23)32-21-22-13-11-10-12-14-22/h10-20H,6-9,21H2,1-5H3/b17-15+,18-16+. The first-order valence-electron chi connectivity index (χ1n) is 12.3. The second-order valence-electron chi connectivity index (χ2n) is 7.63. The average molecular weight is 567 g/mol. The molecule has 0 heterocycles. The fourth-order valence-electron chi connectivity index (χ4n) is 3.36. The summed E-state index contributed by atoms with van der Waals surface area (Å²) in [7, 11) is -5.85. The molecular weight excluding hydrogens is 530 g/mol. The zero-order valence-corrected chi connectivity index (χ0v) is 24.2. The maximum absolute atomic E-state index is 13.1. The van der Waals surface area contributed by atoms with Crippen molar-refractivity contribution in [3.63, 3.8) is 0 Å². The highest BCUT2D eigenvalue weighted by atomic mass is 31.2. The summed E-state index contributed by atoms with van der Waals surface area (Å²) in [5.41, 5.74) is 1.92. The summed E-state index contributed by atoms with van der Waals surface area (Å²) in [4.78, 5) is 12.5. The Balaban J connectivity index is 2.70. The van der Waals surface area contributed by atoms with E-state index in [4.69, 9.17) is 27.6 Å². The van der Waals surface area contributed by atoms with Crippen LogP contribution in [0.2, 0.25) is 0 Å². The van der Waals surface area contributed by atoms with Crippen LogP contribution in [0.3, 0.4) is 0 Å². The zero-order valence-electron chi connectivity index (χ0n) is 22.5. The van der Waals surface area contributed by atoms with E-state index in [9.17, 15) is 13.9 Å². The Bertz CT molecular complexity index is 1110. The molecule has 0 saturated heterocycles. The van der Waals surface area contributed by atoms with Gasteiger partial charge >= 0.3 is 21.2 Å². The molecule has 0 aromatic heterocycles. The van der Waals surface area contributed by atoms with Crippen molar-refractivity contribution in [1.82, 2.24) is 0 Å². The lowest BCUT2D eigenvalue weighted by molar-refractivity contribution is 0.0600. The van der Waals surface area contributed by atoms with Gasteiger partial charge in [0.1, 0.15) is 12.4 Å². The summed E-state index contributed by atoms with van der Waals surface area (Å²) in [6.07, 6.45) is 3.03. The number of esters is 1. The summed E-state index contributed by atoms with van der Waals surface area (Å²) in [5, 5.41) is 0. The minimum Gasteiger partial charge on any atom is -0.488 e. The van der Waals surface area contributed by atoms with Crippen LogP contribution < -0.4 is 4.74 Å². The van der Waals surface area contributed by atoms with Crippen molar-refractivity contribution in [1.29, 1.82) is 0 Å². The Labute approximate surface area is 224 Å². The third-order valence-electron chi connectivity index (χ3n) is 4.90. The SMILES string of the molecule is CCOP(=O)(/C=C/c1cc(C(=O)OC)cc(/C=C/P(=O)(OCC)OCC)c1OCc1ccccc1)OCC. The van der Waals surface area contributed by atoms with Crippen molar-refractivity contribution in [2.24, 2.45) is 0 Å². The second-order valence-corrected chi connectivity index (χ2v) is 11.4. The van der Waals surface area contributed by atoms with E-state index in [1.165, 1.54) is 30.9 Å². The Morgan fingerprint density at radius 1 is 0.763 bits per heavy atom. The van der Waals surface area contributed by atoms with Crippen molar-refractivity contribution >= 4 is 33.3 Å². The van der Waals surface area contributed by atoms with Crippen LogP contribution in [0.15, 0.2) is 54.1 Å². The Morgan fingerprint density at radius 3 is 1.61 bits per heavy atom. The molecule has 0 aliphatic heterocycles. The van der Waals surface area contributed by atoms with Crippen LogP contribution in [-0.2, 0) is 38.6 Å². The number of hydrogen-bond donors (Lipinski definition) is 0. The molecule has 2 aromatic rings. The highest BCUT2D eigenvalue weighted by Gasteiger charge is 2.22. The molecule has 0 saturated carbocycles. The zero-order chi connectivity index (χ0) is 28.0. The topological polar surface area (TPSA) is 107 Å². The molecule has 2 aromatic carbocycles. The number of ether oxygens (including phenoxy) is 2. The Morgan fingerprint density at radius 2 is 1.21 bits per heavy atom. The van der Waals surface area contributed by atoms with Gasteiger partial charge in [0, 0.05) is 22.8 Å². The van der Waals surface area contributed by atoms with Gasteiger partial charge in [-0.2, -0.15) is 0 Å². The molecule has 2 rings (SSSR count). The third kappa shape index (κ3) is 9.66. The van der Waals surface area contributed by atoms with Gasteiger partial charge in [-0.1, -0.05) is 30.3 Å². The lowest BCUT2D eigenvalue weighted by atomic mass is 10.0. The number of carbonyl (C=O) groups is 1. The maximum atomic E-state index is 13.1. The predicted molar refractivity (Wildman–Crippen MR) is 148 cm³/mol. The molecule has 208 valence electrons. The van der Waals surface area contributed by atoms with Crippen molar-refractivity contribution in [2.75, 3.05) is 33.5 Å². The lowest BCUT2D eigenvalue weighted by Crippen LogP contribution is -2.05. The molecule has 11 heteroatoms. The monoisotopic (exact) mass is 566 g/mol. The van der Waals surface area contributed by atoms with Gasteiger partial charge in [0.05, 0.1) is 39.1 Å². The first-order chi connectivity index (χ1) is 18.2. The largest absolute Gasteiger partial charge is 0.488 e. The normalized spacial score (nSPS) is 12.3. The van der Waals surface area contributed by atoms with Crippen LogP contribution in [0.4, 0.5) is 0 Å². The van der Waals surface area contributed by atoms with Crippen LogP contribution in [0, 0.1) is 0 Å². The fraction of sp³-hybridized carbons (Fsp3) is 0.370. The van der Waals surface area contributed by atoms with Crippen LogP contribution in [0.1, 0.15) is 54.7 Å². The van der Waals surface area contributed by atoms with Gasteiger partial charge in [0.2, 0.25) is 0 Å². The molecule has 0 unspecified atom stereocenters. The minimum atomic E-state index is -3.56. The van der Waals surface area contributed by atoms with Crippen molar-refractivity contribution < 1.29 is 41.5 Å². The molecule has 9 nitrogen and oxygen atoms in total. The molecule has 0 bridgehead atoms. The lowest BCUT2D eigenvalue weighted by Gasteiger charge is -2.17. The molecule has 0 aliphatic rings. The smallest absolute Gasteiger partial charge is 0.354 e. The second kappa shape index (κ2) is 15.8. The fourth-order valence-corrected chi connectivity index (χ4v) is 5.98. The van der Waals surface area contributed by atoms with Gasteiger partial charge in [-0.05, 0) is 57.5 Å². The van der Waals surface area contributed by atoms with Crippen molar-refractivity contribution in [2.45, 2.75) is 34.3 Å². The highest BCUT2D eigenvalue weighted by Crippen LogP contribution is 2.52. The van der Waals surface area contributed by atoms with E-state index in [1.54, 1.807) is 39.8 Å². The van der Waals surface area contributed by atoms with Crippen molar-refractivity contribution in [3.05, 3.63) is 76.4 Å². The molecule has 0 N–H and O–H groups in total. The Kier molecular flexibility index (Phi) is 13.2. The number of rotatable bonds is 16. The number of hydrogen-bond acceptors (Lipinski definition) is 9. The summed E-state index contributed by atoms with van der Waals surface area (Å²) in [5.74, 6) is 2.39. The van der Waals surface area contributed by atoms with E-state index in [0.29, 0.717) is 16.9 Å². The molecule has 0 radical (unpaired) electrons. The molecule has 0 spiro atoms. The number of methoxy groups -OCH3 is 1. The van der Waals surface area contributed by atoms with Gasteiger partial charge in [-0.3, -0.25) is 9.13 Å². The minimum absolute atomic E-state index is 0.180. The van der Waals surface area contributed by atoms with Crippen LogP contribution in [0.5, 0.6) is 5.75 Å². The maximum Gasteiger partial charge on any atom is 0.354 e. The number of carbonyl (C=O) groups excluding carboxylic acids is 1. The predicted octanol–water partition coefficient (Wildman–Crippen LogP) is 7.53. The highest BCUT2D eigenvalue weighted by molar-refractivity contribution is 7.57. The van der Waals surface area contributed by atoms with Crippen LogP contribution >= 0.6 is 15.2 Å². The van der Waals surface area contributed by atoms with E-state index < -0.39 is 21.2 Å². The van der Waals surface area contributed by atoms with Gasteiger partial charge < -0.3 is 27.6 Å². The quantitative estimate of drug-likeness (QED) is 0.151. The van der Waals surface area contributed by atoms with E-state index in [0.717, 1.165) is 5.56 Å². The van der Waals surface area contributed by atoms with Gasteiger partial charge in [-0.15, -0.1) is 0 Å². The molecule has 0 aliphatic carbocycles. The summed E-state index contributed by atoms with van der Waals surface area (Å²) in [6, 6.07) is 12.6. The average Bonchev–Trinajstić information content (AvgIpc) is 2.90. The first kappa shape index (κ1) is 31.7. The van der Waals surface area contributed by atoms with Gasteiger partial charge in [0.25, 0.3) is 0 Å². The van der Waals surface area contributed by atoms with E-state index in [-0.39, 0.29) is 38.6 Å². The van der Waals surface area contributed by atoms with E-state index in [1.807, 2.05) is 30.3 Å². The van der Waals surface area contributed by atoms with Crippen LogP contribution in [-0.4, -0.2) is 39.5 Å². The van der Waals surface area contributed by atoms with Gasteiger partial charge in [-0.25, -0.2) is 4.79 Å².